The summed E-state index contributed by atoms with van der Waals surface area (Å²) in [5.41, 5.74) is 6.45. The zero-order valence-electron chi connectivity index (χ0n) is 9.70. The summed E-state index contributed by atoms with van der Waals surface area (Å²) in [6, 6.07) is 3.32. The quantitative estimate of drug-likeness (QED) is 0.762. The first-order chi connectivity index (χ1) is 8.12. The Morgan fingerprint density at radius 1 is 1.39 bits per heavy atom. The number of sulfone groups is 1. The molecule has 0 heterocycles. The maximum absolute atomic E-state index is 11.8. The molecule has 8 heteroatoms. The van der Waals surface area contributed by atoms with E-state index in [0.717, 1.165) is 10.7 Å². The molecule has 0 aliphatic carbocycles. The molecule has 18 heavy (non-hydrogen) atoms. The highest BCUT2D eigenvalue weighted by atomic mass is 79.9. The summed E-state index contributed by atoms with van der Waals surface area (Å²) in [6.45, 7) is 1.33. The molecule has 1 atom stereocenters. The molecule has 5 nitrogen and oxygen atoms in total. The van der Waals surface area contributed by atoms with Crippen LogP contribution in [-0.4, -0.2) is 25.8 Å². The van der Waals surface area contributed by atoms with Gasteiger partial charge < -0.3 is 11.1 Å². The van der Waals surface area contributed by atoms with Gasteiger partial charge in [-0.2, -0.15) is 0 Å². The van der Waals surface area contributed by atoms with E-state index >= 15 is 0 Å². The standard InChI is InChI=1S/C10H12Br2N2O3S/c1-5(18(2,16)17)10(15)14-9-7(12)3-6(11)4-8(9)13/h3-5H,13H2,1-2H3,(H,14,15). The first-order valence-electron chi connectivity index (χ1n) is 4.87. The lowest BCUT2D eigenvalue weighted by molar-refractivity contribution is -0.115. The molecule has 0 radical (unpaired) electrons. The zero-order valence-corrected chi connectivity index (χ0v) is 13.7. The van der Waals surface area contributed by atoms with E-state index in [1.807, 2.05) is 0 Å². The van der Waals surface area contributed by atoms with Crippen LogP contribution in [0.25, 0.3) is 0 Å². The van der Waals surface area contributed by atoms with Gasteiger partial charge >= 0.3 is 0 Å². The zero-order chi connectivity index (χ0) is 14.1. The number of rotatable bonds is 3. The molecule has 0 saturated heterocycles. The highest BCUT2D eigenvalue weighted by Gasteiger charge is 2.24. The predicted octanol–water partition coefficient (Wildman–Crippen LogP) is 2.17. The second kappa shape index (κ2) is 5.58. The summed E-state index contributed by atoms with van der Waals surface area (Å²) in [5.74, 6) is -0.618. The molecular weight excluding hydrogens is 388 g/mol. The predicted molar refractivity (Wildman–Crippen MR) is 79.2 cm³/mol. The Labute approximate surface area is 122 Å². The monoisotopic (exact) mass is 398 g/mol. The highest BCUT2D eigenvalue weighted by molar-refractivity contribution is 9.11. The van der Waals surface area contributed by atoms with Crippen molar-refractivity contribution in [2.45, 2.75) is 12.2 Å². The third-order valence-corrected chi connectivity index (χ3v) is 4.93. The molecule has 1 amide bonds. The van der Waals surface area contributed by atoms with Crippen molar-refractivity contribution in [2.24, 2.45) is 0 Å². The number of hydrogen-bond donors (Lipinski definition) is 2. The summed E-state index contributed by atoms with van der Waals surface area (Å²) < 4.78 is 23.9. The van der Waals surface area contributed by atoms with Gasteiger partial charge in [0, 0.05) is 15.2 Å². The molecule has 0 aliphatic rings. The van der Waals surface area contributed by atoms with Crippen molar-refractivity contribution < 1.29 is 13.2 Å². The van der Waals surface area contributed by atoms with E-state index in [9.17, 15) is 13.2 Å². The molecule has 1 aromatic carbocycles. The van der Waals surface area contributed by atoms with Crippen molar-refractivity contribution in [1.82, 2.24) is 0 Å². The third kappa shape index (κ3) is 3.69. The van der Waals surface area contributed by atoms with Crippen LogP contribution in [0.2, 0.25) is 0 Å². The number of anilines is 2. The minimum Gasteiger partial charge on any atom is -0.397 e. The maximum Gasteiger partial charge on any atom is 0.242 e. The van der Waals surface area contributed by atoms with Gasteiger partial charge in [-0.25, -0.2) is 8.42 Å². The van der Waals surface area contributed by atoms with E-state index in [1.165, 1.54) is 6.92 Å². The van der Waals surface area contributed by atoms with Crippen molar-refractivity contribution in [2.75, 3.05) is 17.3 Å². The molecule has 0 fully saturated rings. The molecule has 0 aliphatic heterocycles. The van der Waals surface area contributed by atoms with Crippen LogP contribution in [-0.2, 0) is 14.6 Å². The Hall–Kier alpha value is -0.600. The number of hydrogen-bond acceptors (Lipinski definition) is 4. The Morgan fingerprint density at radius 2 is 1.94 bits per heavy atom. The van der Waals surface area contributed by atoms with Gasteiger partial charge in [0.05, 0.1) is 11.4 Å². The minimum absolute atomic E-state index is 0.338. The lowest BCUT2D eigenvalue weighted by Crippen LogP contribution is -2.32. The average Bonchev–Trinajstić information content (AvgIpc) is 2.20. The van der Waals surface area contributed by atoms with Gasteiger partial charge in [0.2, 0.25) is 5.91 Å². The van der Waals surface area contributed by atoms with Crippen LogP contribution >= 0.6 is 31.9 Å². The van der Waals surface area contributed by atoms with Crippen molar-refractivity contribution >= 4 is 59.0 Å². The van der Waals surface area contributed by atoms with E-state index < -0.39 is 21.0 Å². The van der Waals surface area contributed by atoms with Crippen LogP contribution in [0.15, 0.2) is 21.1 Å². The molecule has 1 aromatic rings. The Bertz CT molecular complexity index is 564. The van der Waals surface area contributed by atoms with Crippen molar-refractivity contribution in [3.63, 3.8) is 0 Å². The Balaban J connectivity index is 3.03. The second-order valence-electron chi connectivity index (χ2n) is 3.81. The highest BCUT2D eigenvalue weighted by Crippen LogP contribution is 2.32. The molecule has 1 rings (SSSR count). The summed E-state index contributed by atoms with van der Waals surface area (Å²) in [5, 5.41) is 1.37. The summed E-state index contributed by atoms with van der Waals surface area (Å²) >= 11 is 6.51. The van der Waals surface area contributed by atoms with Crippen LogP contribution in [0, 0.1) is 0 Å². The van der Waals surface area contributed by atoms with Gasteiger partial charge in [-0.05, 0) is 35.0 Å². The lowest BCUT2D eigenvalue weighted by Gasteiger charge is -2.14. The molecule has 100 valence electrons. The third-order valence-electron chi connectivity index (χ3n) is 2.35. The maximum atomic E-state index is 11.8. The van der Waals surface area contributed by atoms with E-state index in [0.29, 0.717) is 15.8 Å². The number of carbonyl (C=O) groups excluding carboxylic acids is 1. The number of amides is 1. The van der Waals surface area contributed by atoms with Crippen molar-refractivity contribution in [3.8, 4) is 0 Å². The minimum atomic E-state index is -3.43. The van der Waals surface area contributed by atoms with E-state index in [4.69, 9.17) is 5.73 Å². The largest absolute Gasteiger partial charge is 0.397 e. The summed E-state index contributed by atoms with van der Waals surface area (Å²) in [4.78, 5) is 11.8. The average molecular weight is 400 g/mol. The van der Waals surface area contributed by atoms with Crippen LogP contribution in [0.4, 0.5) is 11.4 Å². The fraction of sp³-hybridized carbons (Fsp3) is 0.300. The molecular formula is C10H12Br2N2O3S. The van der Waals surface area contributed by atoms with Gasteiger partial charge in [-0.1, -0.05) is 15.9 Å². The van der Waals surface area contributed by atoms with Crippen LogP contribution in [0.5, 0.6) is 0 Å². The molecule has 1 unspecified atom stereocenters. The first-order valence-corrected chi connectivity index (χ1v) is 8.41. The lowest BCUT2D eigenvalue weighted by atomic mass is 10.2. The number of carbonyl (C=O) groups is 1. The second-order valence-corrected chi connectivity index (χ2v) is 7.95. The number of nitrogens with one attached hydrogen (secondary N) is 1. The Kier molecular flexibility index (Phi) is 4.79. The van der Waals surface area contributed by atoms with Crippen LogP contribution < -0.4 is 11.1 Å². The Morgan fingerprint density at radius 3 is 2.39 bits per heavy atom. The summed E-state index contributed by atoms with van der Waals surface area (Å²) in [7, 11) is -3.43. The molecule has 0 bridgehead atoms. The van der Waals surface area contributed by atoms with Crippen molar-refractivity contribution in [1.29, 1.82) is 0 Å². The first kappa shape index (κ1) is 15.5. The normalized spacial score (nSPS) is 13.1. The van der Waals surface area contributed by atoms with E-state index in [-0.39, 0.29) is 0 Å². The van der Waals surface area contributed by atoms with E-state index in [2.05, 4.69) is 37.2 Å². The van der Waals surface area contributed by atoms with Crippen LogP contribution in [0.1, 0.15) is 6.92 Å². The van der Waals surface area contributed by atoms with Crippen molar-refractivity contribution in [3.05, 3.63) is 21.1 Å². The van der Waals surface area contributed by atoms with Crippen LogP contribution in [0.3, 0.4) is 0 Å². The smallest absolute Gasteiger partial charge is 0.242 e. The fourth-order valence-corrected chi connectivity index (χ4v) is 2.95. The molecule has 0 saturated carbocycles. The number of nitrogens with two attached hydrogens (primary N) is 1. The fourth-order valence-electron chi connectivity index (χ4n) is 1.14. The van der Waals surface area contributed by atoms with Gasteiger partial charge in [0.15, 0.2) is 9.84 Å². The molecule has 0 aromatic heterocycles. The van der Waals surface area contributed by atoms with Gasteiger partial charge in [-0.3, -0.25) is 4.79 Å². The number of nitrogen functional groups attached to an aromatic ring is 1. The van der Waals surface area contributed by atoms with E-state index in [1.54, 1.807) is 12.1 Å². The molecule has 0 spiro atoms. The molecule has 3 N–H and O–H groups in total. The summed E-state index contributed by atoms with van der Waals surface area (Å²) in [6.07, 6.45) is 1.01. The van der Waals surface area contributed by atoms with Gasteiger partial charge in [0.25, 0.3) is 0 Å². The number of halogens is 2. The van der Waals surface area contributed by atoms with Gasteiger partial charge in [-0.15, -0.1) is 0 Å². The SMILES string of the molecule is CC(C(=O)Nc1c(N)cc(Br)cc1Br)S(C)(=O)=O. The topological polar surface area (TPSA) is 89.3 Å². The number of benzene rings is 1. The van der Waals surface area contributed by atoms with Gasteiger partial charge in [0.1, 0.15) is 5.25 Å².